The topological polar surface area (TPSA) is 42.2 Å². The molecule has 0 amide bonds. The Morgan fingerprint density at radius 1 is 1.16 bits per heavy atom. The Morgan fingerprint density at radius 2 is 1.89 bits per heavy atom. The third-order valence-electron chi connectivity index (χ3n) is 3.24. The Kier molecular flexibility index (Phi) is 4.53. The minimum atomic E-state index is 0.491. The number of hydrogen-bond donors (Lipinski definition) is 1. The lowest BCUT2D eigenvalue weighted by molar-refractivity contribution is 0.825. The molecule has 0 aliphatic rings. The van der Waals surface area contributed by atoms with Crippen molar-refractivity contribution in [1.82, 2.24) is 4.98 Å². The van der Waals surface area contributed by atoms with E-state index >= 15 is 0 Å². The van der Waals surface area contributed by atoms with Gasteiger partial charge in [-0.25, -0.2) is 0 Å². The van der Waals surface area contributed by atoms with Gasteiger partial charge in [0.2, 0.25) is 0 Å². The van der Waals surface area contributed by atoms with Crippen molar-refractivity contribution in [3.8, 4) is 0 Å². The summed E-state index contributed by atoms with van der Waals surface area (Å²) >= 11 is 0. The zero-order valence-corrected chi connectivity index (χ0v) is 11.6. The lowest BCUT2D eigenvalue weighted by Crippen LogP contribution is -2.22. The van der Waals surface area contributed by atoms with Gasteiger partial charge in [0.1, 0.15) is 0 Å². The zero-order chi connectivity index (χ0) is 13.7. The van der Waals surface area contributed by atoms with Crippen LogP contribution in [-0.4, -0.2) is 11.5 Å². The standard InChI is InChI=1S/C16H21N3/c1-3-19(16-6-4-13(2)5-7-16)12-14-8-9-18-15(10-14)11-17/h4-10H,3,11-12,17H2,1-2H3. The number of anilines is 1. The molecule has 0 saturated carbocycles. The fourth-order valence-corrected chi connectivity index (χ4v) is 2.10. The van der Waals surface area contributed by atoms with Crippen molar-refractivity contribution in [2.75, 3.05) is 11.4 Å². The number of aryl methyl sites for hydroxylation is 1. The molecule has 2 N–H and O–H groups in total. The third kappa shape index (κ3) is 3.55. The maximum absolute atomic E-state index is 5.63. The molecule has 3 nitrogen and oxygen atoms in total. The predicted octanol–water partition coefficient (Wildman–Crippen LogP) is 2.88. The van der Waals surface area contributed by atoms with Gasteiger partial charge in [0, 0.05) is 31.5 Å². The van der Waals surface area contributed by atoms with Crippen LogP contribution in [0.15, 0.2) is 42.6 Å². The quantitative estimate of drug-likeness (QED) is 0.893. The second kappa shape index (κ2) is 6.34. The van der Waals surface area contributed by atoms with E-state index in [0.29, 0.717) is 6.54 Å². The first-order chi connectivity index (χ1) is 9.22. The number of pyridine rings is 1. The highest BCUT2D eigenvalue weighted by atomic mass is 15.1. The Bertz CT molecular complexity index is 520. The van der Waals surface area contributed by atoms with Crippen molar-refractivity contribution in [2.24, 2.45) is 5.73 Å². The van der Waals surface area contributed by atoms with Gasteiger partial charge in [-0.15, -0.1) is 0 Å². The summed E-state index contributed by atoms with van der Waals surface area (Å²) in [4.78, 5) is 6.57. The maximum atomic E-state index is 5.63. The molecule has 0 bridgehead atoms. The molecule has 0 fully saturated rings. The monoisotopic (exact) mass is 255 g/mol. The summed E-state index contributed by atoms with van der Waals surface area (Å²) in [5.74, 6) is 0. The first kappa shape index (κ1) is 13.6. The second-order valence-electron chi connectivity index (χ2n) is 4.71. The van der Waals surface area contributed by atoms with Crippen LogP contribution in [-0.2, 0) is 13.1 Å². The van der Waals surface area contributed by atoms with Crippen LogP contribution in [0.2, 0.25) is 0 Å². The molecule has 0 spiro atoms. The number of rotatable bonds is 5. The fourth-order valence-electron chi connectivity index (χ4n) is 2.10. The van der Waals surface area contributed by atoms with Crippen LogP contribution in [0.25, 0.3) is 0 Å². The average molecular weight is 255 g/mol. The molecule has 0 aliphatic carbocycles. The fraction of sp³-hybridized carbons (Fsp3) is 0.312. The predicted molar refractivity (Wildman–Crippen MR) is 80.0 cm³/mol. The highest BCUT2D eigenvalue weighted by Gasteiger charge is 2.05. The second-order valence-corrected chi connectivity index (χ2v) is 4.71. The molecule has 2 rings (SSSR count). The highest BCUT2D eigenvalue weighted by molar-refractivity contribution is 5.48. The van der Waals surface area contributed by atoms with Crippen LogP contribution in [0.4, 0.5) is 5.69 Å². The molecule has 2 aromatic rings. The smallest absolute Gasteiger partial charge is 0.0542 e. The molecule has 0 radical (unpaired) electrons. The third-order valence-corrected chi connectivity index (χ3v) is 3.24. The van der Waals surface area contributed by atoms with E-state index in [0.717, 1.165) is 18.8 Å². The van der Waals surface area contributed by atoms with E-state index < -0.39 is 0 Å². The van der Waals surface area contributed by atoms with Gasteiger partial charge < -0.3 is 10.6 Å². The van der Waals surface area contributed by atoms with Crippen LogP contribution in [0.3, 0.4) is 0 Å². The lowest BCUT2D eigenvalue weighted by Gasteiger charge is -2.23. The van der Waals surface area contributed by atoms with Crippen molar-refractivity contribution in [3.05, 3.63) is 59.4 Å². The van der Waals surface area contributed by atoms with Crippen LogP contribution in [0.5, 0.6) is 0 Å². The summed E-state index contributed by atoms with van der Waals surface area (Å²) in [6.07, 6.45) is 1.83. The molecular weight excluding hydrogens is 234 g/mol. The number of hydrogen-bond acceptors (Lipinski definition) is 3. The number of benzene rings is 1. The molecular formula is C16H21N3. The molecule has 0 aliphatic heterocycles. The normalized spacial score (nSPS) is 10.5. The molecule has 0 saturated heterocycles. The molecule has 0 unspecified atom stereocenters. The van der Waals surface area contributed by atoms with Crippen LogP contribution in [0.1, 0.15) is 23.7 Å². The zero-order valence-electron chi connectivity index (χ0n) is 11.6. The molecule has 1 aromatic heterocycles. The van der Waals surface area contributed by atoms with Gasteiger partial charge in [-0.1, -0.05) is 17.7 Å². The van der Waals surface area contributed by atoms with Crippen molar-refractivity contribution in [1.29, 1.82) is 0 Å². The number of aromatic nitrogens is 1. The van der Waals surface area contributed by atoms with E-state index in [4.69, 9.17) is 5.73 Å². The first-order valence-corrected chi connectivity index (χ1v) is 6.68. The summed E-state index contributed by atoms with van der Waals surface area (Å²) in [6, 6.07) is 12.8. The Hall–Kier alpha value is -1.87. The van der Waals surface area contributed by atoms with Crippen molar-refractivity contribution in [3.63, 3.8) is 0 Å². The van der Waals surface area contributed by atoms with Gasteiger partial charge >= 0.3 is 0 Å². The molecule has 3 heteroatoms. The summed E-state index contributed by atoms with van der Waals surface area (Å²) in [7, 11) is 0. The molecule has 1 aromatic carbocycles. The van der Waals surface area contributed by atoms with E-state index in [1.807, 2.05) is 6.20 Å². The number of nitrogens with two attached hydrogens (primary N) is 1. The van der Waals surface area contributed by atoms with E-state index in [9.17, 15) is 0 Å². The maximum Gasteiger partial charge on any atom is 0.0542 e. The number of nitrogens with zero attached hydrogens (tertiary/aromatic N) is 2. The van der Waals surface area contributed by atoms with Crippen molar-refractivity contribution >= 4 is 5.69 Å². The largest absolute Gasteiger partial charge is 0.367 e. The molecule has 0 atom stereocenters. The van der Waals surface area contributed by atoms with E-state index in [-0.39, 0.29) is 0 Å². The van der Waals surface area contributed by atoms with Crippen molar-refractivity contribution < 1.29 is 0 Å². The SMILES string of the molecule is CCN(Cc1ccnc(CN)c1)c1ccc(C)cc1. The summed E-state index contributed by atoms with van der Waals surface area (Å²) in [5, 5.41) is 0. The van der Waals surface area contributed by atoms with Crippen LogP contribution >= 0.6 is 0 Å². The van der Waals surface area contributed by atoms with Gasteiger partial charge in [0.25, 0.3) is 0 Å². The summed E-state index contributed by atoms with van der Waals surface area (Å²) in [6.45, 7) is 6.63. The molecule has 1 heterocycles. The van der Waals surface area contributed by atoms with Gasteiger partial charge in [0.15, 0.2) is 0 Å². The van der Waals surface area contributed by atoms with Gasteiger partial charge in [-0.05, 0) is 43.7 Å². The van der Waals surface area contributed by atoms with E-state index in [1.54, 1.807) is 0 Å². The average Bonchev–Trinajstić information content (AvgIpc) is 2.46. The van der Waals surface area contributed by atoms with Crippen molar-refractivity contribution in [2.45, 2.75) is 26.9 Å². The van der Waals surface area contributed by atoms with E-state index in [2.05, 4.69) is 60.1 Å². The Balaban J connectivity index is 2.16. The van der Waals surface area contributed by atoms with Gasteiger partial charge in [0.05, 0.1) is 5.69 Å². The first-order valence-electron chi connectivity index (χ1n) is 6.68. The minimum absolute atomic E-state index is 0.491. The highest BCUT2D eigenvalue weighted by Crippen LogP contribution is 2.17. The molecule has 19 heavy (non-hydrogen) atoms. The van der Waals surface area contributed by atoms with Gasteiger partial charge in [-0.3, -0.25) is 4.98 Å². The summed E-state index contributed by atoms with van der Waals surface area (Å²) < 4.78 is 0. The Morgan fingerprint density at radius 3 is 2.53 bits per heavy atom. The Labute approximate surface area is 115 Å². The van der Waals surface area contributed by atoms with Gasteiger partial charge in [-0.2, -0.15) is 0 Å². The lowest BCUT2D eigenvalue weighted by atomic mass is 10.1. The minimum Gasteiger partial charge on any atom is -0.367 e. The summed E-state index contributed by atoms with van der Waals surface area (Å²) in [5.41, 5.74) is 10.4. The van der Waals surface area contributed by atoms with Crippen LogP contribution < -0.4 is 10.6 Å². The molecule has 100 valence electrons. The van der Waals surface area contributed by atoms with E-state index in [1.165, 1.54) is 16.8 Å². The van der Waals surface area contributed by atoms with Crippen LogP contribution in [0, 0.1) is 6.92 Å².